The molecule has 1 nitrogen and oxygen atoms in total. The molecule has 0 radical (unpaired) electrons. The molecule has 0 atom stereocenters. The number of nitrogens with two attached hydrogens (primary N) is 1. The summed E-state index contributed by atoms with van der Waals surface area (Å²) in [6.45, 7) is 0.0435. The molecule has 0 amide bonds. The minimum atomic E-state index is -4.47. The lowest BCUT2D eigenvalue weighted by molar-refractivity contribution is -0.137. The quantitative estimate of drug-likeness (QED) is 0.820. The molecule has 0 bridgehead atoms. The summed E-state index contributed by atoms with van der Waals surface area (Å²) < 4.78 is 51.8. The van der Waals surface area contributed by atoms with Gasteiger partial charge in [0, 0.05) is 12.1 Å². The highest BCUT2D eigenvalue weighted by molar-refractivity contribution is 5.69. The minimum absolute atomic E-state index is 0.0435. The van der Waals surface area contributed by atoms with Gasteiger partial charge in [-0.25, -0.2) is 4.39 Å². The van der Waals surface area contributed by atoms with Crippen LogP contribution < -0.4 is 5.73 Å². The van der Waals surface area contributed by atoms with Gasteiger partial charge >= 0.3 is 6.18 Å². The molecule has 0 aliphatic carbocycles. The third-order valence-corrected chi connectivity index (χ3v) is 2.82. The average Bonchev–Trinajstić information content (AvgIpc) is 2.37. The zero-order chi connectivity index (χ0) is 14.0. The van der Waals surface area contributed by atoms with Crippen LogP contribution in [0.2, 0.25) is 0 Å². The lowest BCUT2D eigenvalue weighted by Gasteiger charge is -2.13. The number of hydrogen-bond donors (Lipinski definition) is 1. The van der Waals surface area contributed by atoms with Gasteiger partial charge in [0.05, 0.1) is 5.56 Å². The van der Waals surface area contributed by atoms with Crippen LogP contribution in [0.1, 0.15) is 11.1 Å². The van der Waals surface area contributed by atoms with Crippen molar-refractivity contribution in [2.75, 3.05) is 0 Å². The van der Waals surface area contributed by atoms with E-state index in [1.807, 2.05) is 0 Å². The van der Waals surface area contributed by atoms with E-state index in [1.54, 1.807) is 6.07 Å². The summed E-state index contributed by atoms with van der Waals surface area (Å²) in [4.78, 5) is 0. The highest BCUT2D eigenvalue weighted by atomic mass is 19.4. The molecule has 2 rings (SSSR count). The molecule has 0 saturated heterocycles. The molecule has 19 heavy (non-hydrogen) atoms. The first-order valence-corrected chi connectivity index (χ1v) is 5.58. The van der Waals surface area contributed by atoms with Crippen LogP contribution in [0.15, 0.2) is 42.5 Å². The second-order valence-electron chi connectivity index (χ2n) is 4.05. The van der Waals surface area contributed by atoms with Crippen molar-refractivity contribution in [2.24, 2.45) is 5.73 Å². The van der Waals surface area contributed by atoms with Crippen molar-refractivity contribution < 1.29 is 17.6 Å². The van der Waals surface area contributed by atoms with Gasteiger partial charge in [-0.15, -0.1) is 0 Å². The molecule has 5 heteroatoms. The van der Waals surface area contributed by atoms with Crippen LogP contribution in [0, 0.1) is 5.82 Å². The fourth-order valence-electron chi connectivity index (χ4n) is 1.86. The van der Waals surface area contributed by atoms with Gasteiger partial charge in [0.2, 0.25) is 0 Å². The van der Waals surface area contributed by atoms with Gasteiger partial charge in [0.1, 0.15) is 5.82 Å². The molecular formula is C14H11F4N. The van der Waals surface area contributed by atoms with E-state index in [-0.39, 0.29) is 17.7 Å². The molecule has 0 spiro atoms. The highest BCUT2D eigenvalue weighted by Gasteiger charge is 2.31. The van der Waals surface area contributed by atoms with Gasteiger partial charge in [-0.1, -0.05) is 24.3 Å². The van der Waals surface area contributed by atoms with Crippen molar-refractivity contribution in [3.63, 3.8) is 0 Å². The maximum Gasteiger partial charge on any atom is 0.416 e. The summed E-state index contributed by atoms with van der Waals surface area (Å²) in [5, 5.41) is 0. The van der Waals surface area contributed by atoms with Crippen molar-refractivity contribution in [3.05, 3.63) is 59.4 Å². The highest BCUT2D eigenvalue weighted by Crippen LogP contribution is 2.34. The SMILES string of the molecule is NCc1ccc(C(F)(F)F)cc1-c1ccccc1F. The third-order valence-electron chi connectivity index (χ3n) is 2.82. The van der Waals surface area contributed by atoms with Gasteiger partial charge in [0.15, 0.2) is 0 Å². The molecule has 0 fully saturated rings. The van der Waals surface area contributed by atoms with Crippen molar-refractivity contribution in [3.8, 4) is 11.1 Å². The second-order valence-corrected chi connectivity index (χ2v) is 4.05. The summed E-state index contributed by atoms with van der Waals surface area (Å²) in [7, 11) is 0. The Bertz CT molecular complexity index is 590. The molecule has 0 unspecified atom stereocenters. The van der Waals surface area contributed by atoms with Gasteiger partial charge in [0.25, 0.3) is 0 Å². The topological polar surface area (TPSA) is 26.0 Å². The maximum absolute atomic E-state index is 13.7. The molecular weight excluding hydrogens is 258 g/mol. The fraction of sp³-hybridized carbons (Fsp3) is 0.143. The van der Waals surface area contributed by atoms with E-state index in [0.717, 1.165) is 12.1 Å². The van der Waals surface area contributed by atoms with Crippen LogP contribution in [0.25, 0.3) is 11.1 Å². The van der Waals surface area contributed by atoms with Gasteiger partial charge in [-0.3, -0.25) is 0 Å². The van der Waals surface area contributed by atoms with Crippen molar-refractivity contribution in [1.82, 2.24) is 0 Å². The Labute approximate surface area is 107 Å². The Morgan fingerprint density at radius 1 is 0.947 bits per heavy atom. The van der Waals surface area contributed by atoms with Gasteiger partial charge < -0.3 is 5.73 Å². The summed E-state index contributed by atoms with van der Waals surface area (Å²) >= 11 is 0. The van der Waals surface area contributed by atoms with Crippen LogP contribution in [-0.4, -0.2) is 0 Å². The maximum atomic E-state index is 13.7. The Balaban J connectivity index is 2.64. The minimum Gasteiger partial charge on any atom is -0.326 e. The predicted molar refractivity (Wildman–Crippen MR) is 64.7 cm³/mol. The predicted octanol–water partition coefficient (Wildman–Crippen LogP) is 3.97. The normalized spacial score (nSPS) is 11.6. The number of alkyl halides is 3. The zero-order valence-electron chi connectivity index (χ0n) is 9.84. The number of benzene rings is 2. The Morgan fingerprint density at radius 2 is 1.63 bits per heavy atom. The Morgan fingerprint density at radius 3 is 2.21 bits per heavy atom. The standard InChI is InChI=1S/C14H11F4N/c15-13-4-2-1-3-11(13)12-7-10(14(16,17)18)6-5-9(12)8-19/h1-7H,8,19H2. The van der Waals surface area contributed by atoms with Gasteiger partial charge in [-0.2, -0.15) is 13.2 Å². The van der Waals surface area contributed by atoms with Crippen molar-refractivity contribution >= 4 is 0 Å². The summed E-state index contributed by atoms with van der Waals surface area (Å²) in [6, 6.07) is 8.85. The summed E-state index contributed by atoms with van der Waals surface area (Å²) in [6.07, 6.45) is -4.47. The van der Waals surface area contributed by atoms with E-state index in [2.05, 4.69) is 0 Å². The Kier molecular flexibility index (Phi) is 3.57. The Hall–Kier alpha value is -1.88. The summed E-state index contributed by atoms with van der Waals surface area (Å²) in [5.41, 5.74) is 5.44. The second kappa shape index (κ2) is 5.01. The van der Waals surface area contributed by atoms with Crippen LogP contribution in [0.5, 0.6) is 0 Å². The van der Waals surface area contributed by atoms with E-state index < -0.39 is 17.6 Å². The van der Waals surface area contributed by atoms with E-state index >= 15 is 0 Å². The first kappa shape index (κ1) is 13.5. The monoisotopic (exact) mass is 269 g/mol. The molecule has 2 aromatic carbocycles. The van der Waals surface area contributed by atoms with E-state index in [9.17, 15) is 17.6 Å². The molecule has 0 aliphatic rings. The smallest absolute Gasteiger partial charge is 0.326 e. The van der Waals surface area contributed by atoms with Crippen molar-refractivity contribution in [1.29, 1.82) is 0 Å². The first-order chi connectivity index (χ1) is 8.93. The largest absolute Gasteiger partial charge is 0.416 e. The fourth-order valence-corrected chi connectivity index (χ4v) is 1.86. The number of hydrogen-bond acceptors (Lipinski definition) is 1. The number of rotatable bonds is 2. The van der Waals surface area contributed by atoms with E-state index in [1.165, 1.54) is 24.3 Å². The molecule has 100 valence electrons. The molecule has 0 saturated carbocycles. The van der Waals surface area contributed by atoms with Crippen LogP contribution in [0.4, 0.5) is 17.6 Å². The first-order valence-electron chi connectivity index (χ1n) is 5.58. The number of halogens is 4. The van der Waals surface area contributed by atoms with E-state index in [0.29, 0.717) is 5.56 Å². The van der Waals surface area contributed by atoms with Crippen LogP contribution in [0.3, 0.4) is 0 Å². The van der Waals surface area contributed by atoms with Crippen LogP contribution >= 0.6 is 0 Å². The zero-order valence-corrected chi connectivity index (χ0v) is 9.84. The third kappa shape index (κ3) is 2.76. The lowest BCUT2D eigenvalue weighted by Crippen LogP contribution is -2.07. The van der Waals surface area contributed by atoms with Gasteiger partial charge in [-0.05, 0) is 29.3 Å². The molecule has 0 aliphatic heterocycles. The van der Waals surface area contributed by atoms with Crippen LogP contribution in [-0.2, 0) is 12.7 Å². The summed E-state index contributed by atoms with van der Waals surface area (Å²) in [5.74, 6) is -0.573. The average molecular weight is 269 g/mol. The lowest BCUT2D eigenvalue weighted by atomic mass is 9.96. The molecule has 0 aromatic heterocycles. The van der Waals surface area contributed by atoms with E-state index in [4.69, 9.17) is 5.73 Å². The van der Waals surface area contributed by atoms with Crippen molar-refractivity contribution in [2.45, 2.75) is 12.7 Å². The molecule has 0 heterocycles. The molecule has 2 aromatic rings. The molecule has 2 N–H and O–H groups in total.